The van der Waals surface area contributed by atoms with Crippen LogP contribution < -0.4 is 5.32 Å². The van der Waals surface area contributed by atoms with Crippen molar-refractivity contribution in [3.63, 3.8) is 0 Å². The first kappa shape index (κ1) is 16.8. The fourth-order valence-electron chi connectivity index (χ4n) is 3.83. The van der Waals surface area contributed by atoms with E-state index in [9.17, 15) is 8.78 Å². The molecule has 0 atom stereocenters. The summed E-state index contributed by atoms with van der Waals surface area (Å²) in [6.45, 7) is 1.38. The van der Waals surface area contributed by atoms with Crippen LogP contribution in [0.4, 0.5) is 8.78 Å². The van der Waals surface area contributed by atoms with Crippen molar-refractivity contribution < 1.29 is 8.78 Å². The molecule has 1 fully saturated rings. The van der Waals surface area contributed by atoms with E-state index in [1.54, 1.807) is 11.3 Å². The normalized spacial score (nSPS) is 16.1. The van der Waals surface area contributed by atoms with E-state index in [0.29, 0.717) is 16.1 Å². The number of imidazole rings is 1. The lowest BCUT2D eigenvalue weighted by atomic mass is 9.95. The van der Waals surface area contributed by atoms with E-state index in [0.717, 1.165) is 52.3 Å². The van der Waals surface area contributed by atoms with Gasteiger partial charge in [0.1, 0.15) is 0 Å². The topological polar surface area (TPSA) is 47.1 Å². The molecule has 140 valence electrons. The first-order chi connectivity index (χ1) is 13.1. The zero-order valence-corrected chi connectivity index (χ0v) is 15.6. The summed E-state index contributed by atoms with van der Waals surface area (Å²) in [5.41, 5.74) is 3.68. The molecule has 5 nitrogen and oxygen atoms in total. The van der Waals surface area contributed by atoms with Crippen molar-refractivity contribution in [3.8, 4) is 10.4 Å². The Bertz CT molecular complexity index is 1090. The minimum Gasteiger partial charge on any atom is -0.317 e. The monoisotopic (exact) mass is 387 g/mol. The Morgan fingerprint density at radius 1 is 1.19 bits per heavy atom. The number of aryl methyl sites for hydroxylation is 1. The van der Waals surface area contributed by atoms with Gasteiger partial charge in [0.15, 0.2) is 4.96 Å². The smallest absolute Gasteiger partial charge is 0.317 e. The quantitative estimate of drug-likeness (QED) is 0.560. The molecule has 8 heteroatoms. The summed E-state index contributed by atoms with van der Waals surface area (Å²) in [5.74, 6) is 0.528. The molecule has 0 unspecified atom stereocenters. The fourth-order valence-corrected chi connectivity index (χ4v) is 4.79. The Kier molecular flexibility index (Phi) is 3.98. The maximum absolute atomic E-state index is 12.9. The molecule has 0 radical (unpaired) electrons. The second kappa shape index (κ2) is 6.38. The molecule has 4 aromatic rings. The van der Waals surface area contributed by atoms with Crippen molar-refractivity contribution in [2.24, 2.45) is 0 Å². The SMILES string of the molecule is Cc1cc(-c2cn3cc(C4CCNCC4)nc3s2)cc2cn(C(F)F)nc12. The van der Waals surface area contributed by atoms with Gasteiger partial charge in [-0.3, -0.25) is 4.40 Å². The first-order valence-electron chi connectivity index (χ1n) is 9.05. The molecular formula is C19H19F2N5S. The van der Waals surface area contributed by atoms with E-state index in [1.165, 1.54) is 11.9 Å². The molecule has 1 aromatic carbocycles. The third-order valence-electron chi connectivity index (χ3n) is 5.23. The van der Waals surface area contributed by atoms with Crippen molar-refractivity contribution >= 4 is 27.2 Å². The third kappa shape index (κ3) is 2.93. The zero-order valence-electron chi connectivity index (χ0n) is 14.8. The fraction of sp³-hybridized carbons (Fsp3) is 0.368. The van der Waals surface area contributed by atoms with Gasteiger partial charge in [0.2, 0.25) is 0 Å². The molecule has 1 saturated heterocycles. The number of nitrogens with one attached hydrogen (secondary N) is 1. The molecule has 4 heterocycles. The van der Waals surface area contributed by atoms with E-state index < -0.39 is 6.55 Å². The maximum atomic E-state index is 12.9. The van der Waals surface area contributed by atoms with Crippen molar-refractivity contribution in [1.82, 2.24) is 24.5 Å². The molecule has 0 saturated carbocycles. The van der Waals surface area contributed by atoms with Gasteiger partial charge in [0.25, 0.3) is 0 Å². The number of nitrogens with zero attached hydrogens (tertiary/aromatic N) is 4. The van der Waals surface area contributed by atoms with Crippen LogP contribution in [-0.2, 0) is 0 Å². The van der Waals surface area contributed by atoms with E-state index >= 15 is 0 Å². The van der Waals surface area contributed by atoms with Gasteiger partial charge in [-0.1, -0.05) is 11.3 Å². The lowest BCUT2D eigenvalue weighted by Gasteiger charge is -2.20. The first-order valence-corrected chi connectivity index (χ1v) is 9.87. The molecule has 5 rings (SSSR count). The van der Waals surface area contributed by atoms with Gasteiger partial charge in [-0.15, -0.1) is 0 Å². The molecule has 1 aliphatic heterocycles. The van der Waals surface area contributed by atoms with Crippen molar-refractivity contribution in [2.45, 2.75) is 32.2 Å². The number of rotatable bonds is 3. The van der Waals surface area contributed by atoms with Crippen LogP contribution in [0.15, 0.2) is 30.7 Å². The maximum Gasteiger partial charge on any atom is 0.333 e. The van der Waals surface area contributed by atoms with Crippen LogP contribution in [0.5, 0.6) is 0 Å². The lowest BCUT2D eigenvalue weighted by molar-refractivity contribution is 0.0573. The summed E-state index contributed by atoms with van der Waals surface area (Å²) in [6.07, 6.45) is 7.87. The summed E-state index contributed by atoms with van der Waals surface area (Å²) >= 11 is 1.63. The number of hydrogen-bond donors (Lipinski definition) is 1. The summed E-state index contributed by atoms with van der Waals surface area (Å²) in [4.78, 5) is 6.88. The molecule has 0 amide bonds. The lowest BCUT2D eigenvalue weighted by Crippen LogP contribution is -2.26. The molecule has 0 aliphatic carbocycles. The van der Waals surface area contributed by atoms with E-state index in [4.69, 9.17) is 4.98 Å². The second-order valence-electron chi connectivity index (χ2n) is 7.09. The average molecular weight is 387 g/mol. The average Bonchev–Trinajstić information content (AvgIpc) is 3.35. The summed E-state index contributed by atoms with van der Waals surface area (Å²) in [5, 5.41) is 8.10. The third-order valence-corrected chi connectivity index (χ3v) is 6.28. The number of fused-ring (bicyclic) bond motifs is 2. The highest BCUT2D eigenvalue weighted by molar-refractivity contribution is 7.20. The summed E-state index contributed by atoms with van der Waals surface area (Å²) in [7, 11) is 0. The molecule has 27 heavy (non-hydrogen) atoms. The highest BCUT2D eigenvalue weighted by Gasteiger charge is 2.19. The Hall–Kier alpha value is -2.32. The highest BCUT2D eigenvalue weighted by atomic mass is 32.1. The molecule has 1 N–H and O–H groups in total. The largest absolute Gasteiger partial charge is 0.333 e. The number of thiazole rings is 1. The predicted molar refractivity (Wildman–Crippen MR) is 103 cm³/mol. The molecule has 1 aliphatic rings. The predicted octanol–water partition coefficient (Wildman–Crippen LogP) is 4.58. The van der Waals surface area contributed by atoms with E-state index in [1.807, 2.05) is 19.1 Å². The zero-order chi connectivity index (χ0) is 18.5. The summed E-state index contributed by atoms with van der Waals surface area (Å²) < 4.78 is 28.7. The molecular weight excluding hydrogens is 368 g/mol. The van der Waals surface area contributed by atoms with Crippen LogP contribution in [0.25, 0.3) is 26.3 Å². The number of aromatic nitrogens is 4. The number of alkyl halides is 2. The number of halogens is 2. The number of piperidine rings is 1. The van der Waals surface area contributed by atoms with E-state index in [2.05, 4.69) is 27.2 Å². The van der Waals surface area contributed by atoms with Crippen LogP contribution in [0.3, 0.4) is 0 Å². The number of hydrogen-bond acceptors (Lipinski definition) is 4. The van der Waals surface area contributed by atoms with Gasteiger partial charge in [-0.25, -0.2) is 9.67 Å². The van der Waals surface area contributed by atoms with Gasteiger partial charge >= 0.3 is 6.55 Å². The van der Waals surface area contributed by atoms with Crippen LogP contribution in [0, 0.1) is 6.92 Å². The summed E-state index contributed by atoms with van der Waals surface area (Å²) in [6, 6.07) is 3.93. The van der Waals surface area contributed by atoms with Crippen molar-refractivity contribution in [1.29, 1.82) is 0 Å². The van der Waals surface area contributed by atoms with Gasteiger partial charge in [-0.2, -0.15) is 13.9 Å². The van der Waals surface area contributed by atoms with Gasteiger partial charge in [0, 0.05) is 29.9 Å². The van der Waals surface area contributed by atoms with Crippen LogP contribution in [-0.4, -0.2) is 32.3 Å². The molecule has 3 aromatic heterocycles. The van der Waals surface area contributed by atoms with Crippen LogP contribution >= 0.6 is 11.3 Å². The van der Waals surface area contributed by atoms with Crippen LogP contribution in [0.1, 0.15) is 36.6 Å². The van der Waals surface area contributed by atoms with E-state index in [-0.39, 0.29) is 0 Å². The van der Waals surface area contributed by atoms with Crippen molar-refractivity contribution in [3.05, 3.63) is 42.0 Å². The second-order valence-corrected chi connectivity index (χ2v) is 8.10. The Balaban J connectivity index is 1.52. The van der Waals surface area contributed by atoms with Gasteiger partial charge in [0.05, 0.1) is 16.1 Å². The molecule has 0 spiro atoms. The standard InChI is InChI=1S/C19H19F2N5S/c1-11-6-13(7-14-8-26(18(20)21)24-17(11)14)16-10-25-9-15(23-19(25)27-16)12-2-4-22-5-3-12/h6-10,12,18,22H,2-5H2,1H3. The highest BCUT2D eigenvalue weighted by Crippen LogP contribution is 2.34. The Morgan fingerprint density at radius 3 is 2.74 bits per heavy atom. The Morgan fingerprint density at radius 2 is 2.00 bits per heavy atom. The van der Waals surface area contributed by atoms with Gasteiger partial charge in [-0.05, 0) is 56.1 Å². The van der Waals surface area contributed by atoms with Gasteiger partial charge < -0.3 is 5.32 Å². The number of benzene rings is 1. The minimum absolute atomic E-state index is 0.528. The van der Waals surface area contributed by atoms with Crippen LogP contribution in [0.2, 0.25) is 0 Å². The Labute approximate surface area is 158 Å². The molecule has 0 bridgehead atoms. The minimum atomic E-state index is -2.63. The van der Waals surface area contributed by atoms with Crippen molar-refractivity contribution in [2.75, 3.05) is 13.1 Å².